The van der Waals surface area contributed by atoms with Crippen molar-refractivity contribution in [2.45, 2.75) is 31.2 Å². The van der Waals surface area contributed by atoms with E-state index in [1.165, 1.54) is 4.31 Å². The van der Waals surface area contributed by atoms with Crippen molar-refractivity contribution in [2.75, 3.05) is 13.1 Å². The van der Waals surface area contributed by atoms with E-state index >= 15 is 0 Å². The fourth-order valence-electron chi connectivity index (χ4n) is 2.00. The molecule has 102 valence electrons. The molecule has 1 fully saturated rings. The van der Waals surface area contributed by atoms with Crippen LogP contribution in [0.15, 0.2) is 23.1 Å². The average molecular weight is 291 g/mol. The molecular weight excluding hydrogens is 272 g/mol. The van der Waals surface area contributed by atoms with Crippen LogP contribution in [0, 0.1) is 13.8 Å². The van der Waals surface area contributed by atoms with Gasteiger partial charge in [-0.2, -0.15) is 4.31 Å². The van der Waals surface area contributed by atoms with Crippen molar-refractivity contribution in [1.82, 2.24) is 4.31 Å². The van der Waals surface area contributed by atoms with Crippen LogP contribution in [-0.2, 0) is 10.0 Å². The molecule has 0 aromatic heterocycles. The lowest BCUT2D eigenvalue weighted by Crippen LogP contribution is -2.32. The molecule has 1 aliphatic rings. The van der Waals surface area contributed by atoms with Crippen LogP contribution in [0.25, 0.3) is 0 Å². The van der Waals surface area contributed by atoms with Crippen LogP contribution in [0.5, 0.6) is 0 Å². The van der Waals surface area contributed by atoms with Crippen LogP contribution >= 0.6 is 12.4 Å². The molecule has 1 aliphatic heterocycles. The number of rotatable bonds is 2. The Bertz CT molecular complexity index is 531. The number of halogens is 1. The fourth-order valence-corrected chi connectivity index (χ4v) is 3.59. The van der Waals surface area contributed by atoms with E-state index in [4.69, 9.17) is 5.73 Å². The van der Waals surface area contributed by atoms with Crippen LogP contribution in [0.4, 0.5) is 0 Å². The summed E-state index contributed by atoms with van der Waals surface area (Å²) < 4.78 is 26.1. The van der Waals surface area contributed by atoms with Gasteiger partial charge in [-0.25, -0.2) is 8.42 Å². The first-order valence-corrected chi connectivity index (χ1v) is 7.18. The van der Waals surface area contributed by atoms with Gasteiger partial charge >= 0.3 is 0 Å². The summed E-state index contributed by atoms with van der Waals surface area (Å²) in [5, 5.41) is 0. The second-order valence-electron chi connectivity index (χ2n) is 4.66. The number of hydrogen-bond acceptors (Lipinski definition) is 3. The number of benzene rings is 1. The predicted octanol–water partition coefficient (Wildman–Crippen LogP) is 1.45. The van der Waals surface area contributed by atoms with Crippen LogP contribution in [0.2, 0.25) is 0 Å². The Morgan fingerprint density at radius 3 is 2.44 bits per heavy atom. The third-order valence-electron chi connectivity index (χ3n) is 3.30. The summed E-state index contributed by atoms with van der Waals surface area (Å²) in [5.41, 5.74) is 7.84. The summed E-state index contributed by atoms with van der Waals surface area (Å²) in [6, 6.07) is 5.21. The highest BCUT2D eigenvalue weighted by atomic mass is 35.5. The van der Waals surface area contributed by atoms with E-state index in [0.717, 1.165) is 17.5 Å². The van der Waals surface area contributed by atoms with Gasteiger partial charge in [-0.05, 0) is 43.5 Å². The largest absolute Gasteiger partial charge is 0.326 e. The molecule has 1 aromatic rings. The van der Waals surface area contributed by atoms with Crippen molar-refractivity contribution in [3.63, 3.8) is 0 Å². The maximum Gasteiger partial charge on any atom is 0.243 e. The molecule has 0 saturated carbocycles. The van der Waals surface area contributed by atoms with Gasteiger partial charge in [0.05, 0.1) is 4.90 Å². The second kappa shape index (κ2) is 5.57. The molecule has 6 heteroatoms. The smallest absolute Gasteiger partial charge is 0.243 e. The van der Waals surface area contributed by atoms with Crippen LogP contribution in [0.3, 0.4) is 0 Å². The van der Waals surface area contributed by atoms with E-state index in [1.807, 2.05) is 19.9 Å². The molecule has 1 saturated heterocycles. The second-order valence-corrected chi connectivity index (χ2v) is 6.60. The molecule has 0 amide bonds. The van der Waals surface area contributed by atoms with Gasteiger partial charge in [0.25, 0.3) is 0 Å². The number of sulfonamides is 1. The van der Waals surface area contributed by atoms with Crippen LogP contribution in [-0.4, -0.2) is 31.9 Å². The van der Waals surface area contributed by atoms with E-state index in [0.29, 0.717) is 18.0 Å². The SMILES string of the molecule is Cc1ccc(S(=O)(=O)N2CCC(N)C2)cc1C.Cl. The molecule has 2 N–H and O–H groups in total. The third-order valence-corrected chi connectivity index (χ3v) is 5.16. The lowest BCUT2D eigenvalue weighted by Gasteiger charge is -2.16. The summed E-state index contributed by atoms with van der Waals surface area (Å²) in [6.45, 7) is 4.84. The summed E-state index contributed by atoms with van der Waals surface area (Å²) in [4.78, 5) is 0.370. The van der Waals surface area contributed by atoms with Crippen molar-refractivity contribution in [2.24, 2.45) is 5.73 Å². The van der Waals surface area contributed by atoms with Crippen molar-refractivity contribution >= 4 is 22.4 Å². The molecule has 1 atom stereocenters. The maximum absolute atomic E-state index is 12.3. The van der Waals surface area contributed by atoms with Crippen molar-refractivity contribution < 1.29 is 8.42 Å². The minimum Gasteiger partial charge on any atom is -0.326 e. The molecular formula is C12H19ClN2O2S. The van der Waals surface area contributed by atoms with Gasteiger partial charge in [-0.1, -0.05) is 6.07 Å². The molecule has 0 bridgehead atoms. The molecule has 1 aromatic carbocycles. The summed E-state index contributed by atoms with van der Waals surface area (Å²) >= 11 is 0. The Balaban J connectivity index is 0.00000162. The van der Waals surface area contributed by atoms with Gasteiger partial charge in [0.2, 0.25) is 10.0 Å². The zero-order valence-corrected chi connectivity index (χ0v) is 12.2. The maximum atomic E-state index is 12.3. The topological polar surface area (TPSA) is 63.4 Å². The van der Waals surface area contributed by atoms with Crippen molar-refractivity contribution in [1.29, 1.82) is 0 Å². The Kier molecular flexibility index (Phi) is 4.78. The van der Waals surface area contributed by atoms with Gasteiger partial charge in [0.15, 0.2) is 0 Å². The molecule has 18 heavy (non-hydrogen) atoms. The minimum absolute atomic E-state index is 0. The third kappa shape index (κ3) is 2.85. The Morgan fingerprint density at radius 2 is 1.94 bits per heavy atom. The van der Waals surface area contributed by atoms with E-state index in [2.05, 4.69) is 0 Å². The van der Waals surface area contributed by atoms with Gasteiger partial charge in [0, 0.05) is 19.1 Å². The van der Waals surface area contributed by atoms with Gasteiger partial charge in [0.1, 0.15) is 0 Å². The number of hydrogen-bond donors (Lipinski definition) is 1. The Morgan fingerprint density at radius 1 is 1.28 bits per heavy atom. The molecule has 2 rings (SSSR count). The van der Waals surface area contributed by atoms with Crippen LogP contribution < -0.4 is 5.73 Å². The molecule has 1 heterocycles. The fraction of sp³-hybridized carbons (Fsp3) is 0.500. The number of nitrogens with two attached hydrogens (primary N) is 1. The summed E-state index contributed by atoms with van der Waals surface area (Å²) in [7, 11) is -3.36. The predicted molar refractivity (Wildman–Crippen MR) is 74.5 cm³/mol. The Labute approximate surface area is 115 Å². The lowest BCUT2D eigenvalue weighted by molar-refractivity contribution is 0.472. The quantitative estimate of drug-likeness (QED) is 0.896. The number of aryl methyl sites for hydroxylation is 2. The molecule has 1 unspecified atom stereocenters. The minimum atomic E-state index is -3.36. The molecule has 0 aliphatic carbocycles. The first-order chi connectivity index (χ1) is 7.91. The zero-order valence-electron chi connectivity index (χ0n) is 10.6. The number of nitrogens with zero attached hydrogens (tertiary/aromatic N) is 1. The normalized spacial score (nSPS) is 20.7. The zero-order chi connectivity index (χ0) is 12.6. The highest BCUT2D eigenvalue weighted by Gasteiger charge is 2.30. The molecule has 0 radical (unpaired) electrons. The first-order valence-electron chi connectivity index (χ1n) is 5.74. The molecule has 0 spiro atoms. The van der Waals surface area contributed by atoms with Gasteiger partial charge in [-0.15, -0.1) is 12.4 Å². The van der Waals surface area contributed by atoms with Gasteiger partial charge < -0.3 is 5.73 Å². The van der Waals surface area contributed by atoms with Crippen LogP contribution in [0.1, 0.15) is 17.5 Å². The van der Waals surface area contributed by atoms with Crippen molar-refractivity contribution in [3.05, 3.63) is 29.3 Å². The Hall–Kier alpha value is -0.620. The highest BCUT2D eigenvalue weighted by Crippen LogP contribution is 2.22. The van der Waals surface area contributed by atoms with E-state index < -0.39 is 10.0 Å². The molecule has 4 nitrogen and oxygen atoms in total. The average Bonchev–Trinajstić information content (AvgIpc) is 2.69. The van der Waals surface area contributed by atoms with E-state index in [-0.39, 0.29) is 18.4 Å². The van der Waals surface area contributed by atoms with Gasteiger partial charge in [-0.3, -0.25) is 0 Å². The summed E-state index contributed by atoms with van der Waals surface area (Å²) in [5.74, 6) is 0. The monoisotopic (exact) mass is 290 g/mol. The van der Waals surface area contributed by atoms with E-state index in [1.54, 1.807) is 12.1 Å². The summed E-state index contributed by atoms with van der Waals surface area (Å²) in [6.07, 6.45) is 0.740. The lowest BCUT2D eigenvalue weighted by atomic mass is 10.1. The highest BCUT2D eigenvalue weighted by molar-refractivity contribution is 7.89. The van der Waals surface area contributed by atoms with E-state index in [9.17, 15) is 8.42 Å². The standard InChI is InChI=1S/C12H18N2O2S.ClH/c1-9-3-4-12(7-10(9)2)17(15,16)14-6-5-11(13)8-14;/h3-4,7,11H,5-6,8,13H2,1-2H3;1H. The van der Waals surface area contributed by atoms with Crippen molar-refractivity contribution in [3.8, 4) is 0 Å². The first kappa shape index (κ1) is 15.4.